The molecular formula is C15H22BrNO2. The summed E-state index contributed by atoms with van der Waals surface area (Å²) < 4.78 is 13.2. The quantitative estimate of drug-likeness (QED) is 0.921. The molecule has 2 rings (SSSR count). The fourth-order valence-corrected chi connectivity index (χ4v) is 3.18. The molecule has 1 heterocycles. The van der Waals surface area contributed by atoms with E-state index in [1.165, 1.54) is 0 Å². The predicted octanol–water partition coefficient (Wildman–Crippen LogP) is 3.63. The van der Waals surface area contributed by atoms with E-state index in [1.54, 1.807) is 0 Å². The van der Waals surface area contributed by atoms with Gasteiger partial charge in [0, 0.05) is 18.5 Å². The molecule has 1 aliphatic rings. The smallest absolute Gasteiger partial charge is 0.138 e. The fourth-order valence-electron chi connectivity index (χ4n) is 2.68. The van der Waals surface area contributed by atoms with Crippen LogP contribution in [-0.2, 0) is 11.3 Å². The first-order chi connectivity index (χ1) is 8.75. The molecule has 1 saturated heterocycles. The highest BCUT2D eigenvalue weighted by atomic mass is 79.9. The van der Waals surface area contributed by atoms with Crippen molar-refractivity contribution in [2.24, 2.45) is 5.73 Å². The van der Waals surface area contributed by atoms with Gasteiger partial charge in [-0.25, -0.2) is 0 Å². The maximum atomic E-state index is 6.23. The number of rotatable bonds is 3. The zero-order valence-electron chi connectivity index (χ0n) is 12.0. The fraction of sp³-hybridized carbons (Fsp3) is 0.600. The van der Waals surface area contributed by atoms with E-state index in [-0.39, 0.29) is 17.3 Å². The molecule has 0 spiro atoms. The Morgan fingerprint density at radius 1 is 1.37 bits per heavy atom. The van der Waals surface area contributed by atoms with Crippen LogP contribution in [0.4, 0.5) is 0 Å². The van der Waals surface area contributed by atoms with Crippen molar-refractivity contribution in [3.05, 3.63) is 28.2 Å². The number of hydrogen-bond donors (Lipinski definition) is 1. The Balaban J connectivity index is 2.27. The van der Waals surface area contributed by atoms with Crippen LogP contribution in [-0.4, -0.2) is 17.3 Å². The molecule has 1 unspecified atom stereocenters. The molecule has 0 saturated carbocycles. The molecule has 1 atom stereocenters. The molecule has 106 valence electrons. The molecule has 4 heteroatoms. The Labute approximate surface area is 123 Å². The normalized spacial score (nSPS) is 24.4. The highest BCUT2D eigenvalue weighted by Crippen LogP contribution is 2.41. The maximum Gasteiger partial charge on any atom is 0.138 e. The molecule has 1 fully saturated rings. The van der Waals surface area contributed by atoms with Gasteiger partial charge in [0.1, 0.15) is 17.5 Å². The largest absolute Gasteiger partial charge is 0.486 e. The van der Waals surface area contributed by atoms with E-state index in [1.807, 2.05) is 18.2 Å². The number of halogens is 1. The van der Waals surface area contributed by atoms with Crippen molar-refractivity contribution in [2.75, 3.05) is 0 Å². The summed E-state index contributed by atoms with van der Waals surface area (Å²) in [6, 6.07) is 5.94. The highest BCUT2D eigenvalue weighted by Gasteiger charge is 2.47. The first kappa shape index (κ1) is 14.8. The Morgan fingerprint density at radius 2 is 2.05 bits per heavy atom. The van der Waals surface area contributed by atoms with Crippen LogP contribution in [0.15, 0.2) is 22.7 Å². The average molecular weight is 328 g/mol. The second-order valence-corrected chi connectivity index (χ2v) is 7.06. The summed E-state index contributed by atoms with van der Waals surface area (Å²) >= 11 is 3.54. The van der Waals surface area contributed by atoms with Gasteiger partial charge in [-0.3, -0.25) is 0 Å². The van der Waals surface area contributed by atoms with Crippen molar-refractivity contribution in [1.29, 1.82) is 0 Å². The van der Waals surface area contributed by atoms with Gasteiger partial charge in [-0.1, -0.05) is 12.1 Å². The van der Waals surface area contributed by atoms with E-state index >= 15 is 0 Å². The van der Waals surface area contributed by atoms with Crippen molar-refractivity contribution in [1.82, 2.24) is 0 Å². The molecule has 0 radical (unpaired) electrons. The van der Waals surface area contributed by atoms with Crippen LogP contribution in [0.25, 0.3) is 0 Å². The van der Waals surface area contributed by atoms with E-state index in [4.69, 9.17) is 15.2 Å². The van der Waals surface area contributed by atoms with Crippen molar-refractivity contribution < 1.29 is 9.47 Å². The van der Waals surface area contributed by atoms with Crippen molar-refractivity contribution in [3.8, 4) is 5.75 Å². The molecule has 1 aromatic carbocycles. The van der Waals surface area contributed by atoms with Gasteiger partial charge in [-0.2, -0.15) is 0 Å². The summed E-state index contributed by atoms with van der Waals surface area (Å²) in [6.45, 7) is 8.81. The summed E-state index contributed by atoms with van der Waals surface area (Å²) in [5, 5.41) is 0. The van der Waals surface area contributed by atoms with Gasteiger partial charge in [0.25, 0.3) is 0 Å². The third-order valence-electron chi connectivity index (χ3n) is 3.52. The van der Waals surface area contributed by atoms with E-state index in [2.05, 4.69) is 43.6 Å². The Hall–Kier alpha value is -0.580. The molecular weight excluding hydrogens is 306 g/mol. The van der Waals surface area contributed by atoms with E-state index in [0.29, 0.717) is 6.54 Å². The van der Waals surface area contributed by atoms with Crippen LogP contribution in [0.3, 0.4) is 0 Å². The van der Waals surface area contributed by atoms with E-state index < -0.39 is 0 Å². The van der Waals surface area contributed by atoms with Crippen LogP contribution in [0, 0.1) is 0 Å². The summed E-state index contributed by atoms with van der Waals surface area (Å²) in [5.74, 6) is 0.837. The molecule has 0 amide bonds. The zero-order valence-corrected chi connectivity index (χ0v) is 13.6. The summed E-state index contributed by atoms with van der Waals surface area (Å²) in [5.41, 5.74) is 6.34. The van der Waals surface area contributed by atoms with Gasteiger partial charge in [0.2, 0.25) is 0 Å². The molecule has 1 aromatic rings. The number of para-hydroxylation sites is 1. The van der Waals surface area contributed by atoms with Crippen LogP contribution in [0.5, 0.6) is 5.75 Å². The first-order valence-corrected chi connectivity index (χ1v) is 7.39. The third-order valence-corrected chi connectivity index (χ3v) is 4.14. The van der Waals surface area contributed by atoms with Crippen molar-refractivity contribution in [2.45, 2.75) is 58.0 Å². The lowest BCUT2D eigenvalue weighted by Crippen LogP contribution is -2.37. The van der Waals surface area contributed by atoms with Gasteiger partial charge in [-0.15, -0.1) is 0 Å². The molecule has 0 aromatic heterocycles. The molecule has 0 bridgehead atoms. The number of nitrogens with two attached hydrogens (primary N) is 1. The van der Waals surface area contributed by atoms with Gasteiger partial charge < -0.3 is 15.2 Å². The summed E-state index contributed by atoms with van der Waals surface area (Å²) in [7, 11) is 0. The van der Waals surface area contributed by atoms with Crippen LogP contribution < -0.4 is 10.5 Å². The molecule has 0 aliphatic carbocycles. The Bertz CT molecular complexity index is 471. The Morgan fingerprint density at radius 3 is 2.58 bits per heavy atom. The van der Waals surface area contributed by atoms with Crippen molar-refractivity contribution >= 4 is 15.9 Å². The monoisotopic (exact) mass is 327 g/mol. The lowest BCUT2D eigenvalue weighted by Gasteiger charge is -2.28. The minimum Gasteiger partial charge on any atom is -0.486 e. The summed E-state index contributed by atoms with van der Waals surface area (Å²) in [6.07, 6.45) is 0.886. The number of ether oxygens (including phenoxy) is 2. The van der Waals surface area contributed by atoms with E-state index in [0.717, 1.165) is 22.2 Å². The highest BCUT2D eigenvalue weighted by molar-refractivity contribution is 9.10. The standard InChI is InChI=1S/C15H22BrNO2/c1-14(2)8-12(15(3,4)19-14)18-13-10(9-17)6-5-7-11(13)16/h5-7,12H,8-9,17H2,1-4H3. The van der Waals surface area contributed by atoms with Gasteiger partial charge >= 0.3 is 0 Å². The Kier molecular flexibility index (Phi) is 3.96. The second-order valence-electron chi connectivity index (χ2n) is 6.21. The average Bonchev–Trinajstić information content (AvgIpc) is 2.49. The van der Waals surface area contributed by atoms with Gasteiger partial charge in [0.05, 0.1) is 10.1 Å². The second kappa shape index (κ2) is 5.08. The third kappa shape index (κ3) is 3.12. The summed E-state index contributed by atoms with van der Waals surface area (Å²) in [4.78, 5) is 0. The lowest BCUT2D eigenvalue weighted by atomic mass is 9.97. The van der Waals surface area contributed by atoms with Crippen LogP contribution in [0.1, 0.15) is 39.7 Å². The molecule has 19 heavy (non-hydrogen) atoms. The minimum atomic E-state index is -0.301. The zero-order chi connectivity index (χ0) is 14.3. The van der Waals surface area contributed by atoms with E-state index in [9.17, 15) is 0 Å². The number of hydrogen-bond acceptors (Lipinski definition) is 3. The SMILES string of the molecule is CC1(C)CC(Oc2c(Br)cccc2CN)C(C)(C)O1. The topological polar surface area (TPSA) is 44.5 Å². The van der Waals surface area contributed by atoms with Gasteiger partial charge in [0.15, 0.2) is 0 Å². The first-order valence-electron chi connectivity index (χ1n) is 6.59. The van der Waals surface area contributed by atoms with Gasteiger partial charge in [-0.05, 0) is 49.7 Å². The number of benzene rings is 1. The maximum absolute atomic E-state index is 6.23. The van der Waals surface area contributed by atoms with Crippen LogP contribution in [0.2, 0.25) is 0 Å². The molecule has 2 N–H and O–H groups in total. The minimum absolute atomic E-state index is 0.0199. The lowest BCUT2D eigenvalue weighted by molar-refractivity contribution is -0.0847. The molecule has 3 nitrogen and oxygen atoms in total. The van der Waals surface area contributed by atoms with Crippen LogP contribution >= 0.6 is 15.9 Å². The molecule has 1 aliphatic heterocycles. The predicted molar refractivity (Wildman–Crippen MR) is 80.3 cm³/mol. The van der Waals surface area contributed by atoms with Crippen molar-refractivity contribution in [3.63, 3.8) is 0 Å².